The Balaban J connectivity index is 2.29. The second kappa shape index (κ2) is 5.10. The van der Waals surface area contributed by atoms with Crippen LogP contribution in [-0.2, 0) is 14.0 Å². The van der Waals surface area contributed by atoms with Gasteiger partial charge in [0, 0.05) is 6.61 Å². The van der Waals surface area contributed by atoms with Gasteiger partial charge >= 0.3 is 5.97 Å². The summed E-state index contributed by atoms with van der Waals surface area (Å²) in [5, 5.41) is 0.262. The number of esters is 1. The molecular weight excluding hydrogens is 232 g/mol. The molecule has 0 aromatic carbocycles. The van der Waals surface area contributed by atoms with E-state index in [4.69, 9.17) is 9.16 Å². The minimum Gasteiger partial charge on any atom is -0.469 e. The summed E-state index contributed by atoms with van der Waals surface area (Å²) in [6.45, 7) is 12.1. The summed E-state index contributed by atoms with van der Waals surface area (Å²) in [4.78, 5) is 11.2. The standard InChI is InChI=1S/C13H26O3Si/c1-13(2,3)17(5,6)16-9-10-7-11(8-10)12(14)15-4/h10-11H,7-9H2,1-6H3. The Kier molecular flexibility index (Phi) is 4.41. The fourth-order valence-electron chi connectivity index (χ4n) is 1.77. The third-order valence-corrected chi connectivity index (χ3v) is 8.76. The summed E-state index contributed by atoms with van der Waals surface area (Å²) in [6.07, 6.45) is 1.86. The van der Waals surface area contributed by atoms with Crippen LogP contribution in [0.4, 0.5) is 0 Å². The molecule has 0 heterocycles. The number of ether oxygens (including phenoxy) is 1. The van der Waals surface area contributed by atoms with E-state index in [0.717, 1.165) is 19.4 Å². The number of hydrogen-bond donors (Lipinski definition) is 0. The molecule has 0 N–H and O–H groups in total. The van der Waals surface area contributed by atoms with Crippen LogP contribution in [0.1, 0.15) is 33.6 Å². The highest BCUT2D eigenvalue weighted by Gasteiger charge is 2.40. The zero-order valence-electron chi connectivity index (χ0n) is 12.0. The third-order valence-electron chi connectivity index (χ3n) is 4.26. The first-order valence-electron chi connectivity index (χ1n) is 6.39. The molecule has 1 fully saturated rings. The van der Waals surface area contributed by atoms with E-state index in [9.17, 15) is 4.79 Å². The van der Waals surface area contributed by atoms with E-state index in [0.29, 0.717) is 5.92 Å². The van der Waals surface area contributed by atoms with Crippen LogP contribution in [0.25, 0.3) is 0 Å². The fraction of sp³-hybridized carbons (Fsp3) is 0.923. The molecule has 0 aromatic rings. The molecule has 0 unspecified atom stereocenters. The van der Waals surface area contributed by atoms with Crippen molar-refractivity contribution in [2.45, 2.75) is 51.7 Å². The van der Waals surface area contributed by atoms with Crippen molar-refractivity contribution in [2.75, 3.05) is 13.7 Å². The van der Waals surface area contributed by atoms with E-state index in [1.54, 1.807) is 0 Å². The van der Waals surface area contributed by atoms with Gasteiger partial charge < -0.3 is 9.16 Å². The molecule has 0 saturated heterocycles. The van der Waals surface area contributed by atoms with Crippen LogP contribution >= 0.6 is 0 Å². The first kappa shape index (κ1) is 14.7. The maximum Gasteiger partial charge on any atom is 0.308 e. The van der Waals surface area contributed by atoms with Crippen molar-refractivity contribution in [3.8, 4) is 0 Å². The molecule has 1 rings (SSSR count). The van der Waals surface area contributed by atoms with Crippen molar-refractivity contribution in [1.82, 2.24) is 0 Å². The molecule has 1 aliphatic carbocycles. The van der Waals surface area contributed by atoms with Gasteiger partial charge in [0.25, 0.3) is 0 Å². The Labute approximate surface area is 106 Å². The predicted molar refractivity (Wildman–Crippen MR) is 71.4 cm³/mol. The first-order valence-corrected chi connectivity index (χ1v) is 9.30. The molecule has 17 heavy (non-hydrogen) atoms. The molecule has 1 saturated carbocycles. The monoisotopic (exact) mass is 258 g/mol. The van der Waals surface area contributed by atoms with E-state index in [-0.39, 0.29) is 16.9 Å². The minimum absolute atomic E-state index is 0.0615. The summed E-state index contributed by atoms with van der Waals surface area (Å²) in [5.74, 6) is 0.606. The molecule has 0 atom stereocenters. The lowest BCUT2D eigenvalue weighted by Gasteiger charge is -2.40. The summed E-state index contributed by atoms with van der Waals surface area (Å²) in [7, 11) is -0.164. The fourth-order valence-corrected chi connectivity index (χ4v) is 2.86. The molecule has 4 heteroatoms. The third kappa shape index (κ3) is 3.55. The molecular formula is C13H26O3Si. The Bertz CT molecular complexity index is 275. The molecule has 0 radical (unpaired) electrons. The van der Waals surface area contributed by atoms with E-state index >= 15 is 0 Å². The average molecular weight is 258 g/mol. The van der Waals surface area contributed by atoms with Crippen LogP contribution in [0, 0.1) is 11.8 Å². The SMILES string of the molecule is COC(=O)C1CC(CO[Si](C)(C)C(C)(C)C)C1. The Hall–Kier alpha value is -0.353. The Morgan fingerprint density at radius 1 is 1.29 bits per heavy atom. The summed E-state index contributed by atoms with van der Waals surface area (Å²) in [6, 6.07) is 0. The van der Waals surface area contributed by atoms with Crippen molar-refractivity contribution in [2.24, 2.45) is 11.8 Å². The maximum absolute atomic E-state index is 11.2. The van der Waals surface area contributed by atoms with Crippen LogP contribution in [0.3, 0.4) is 0 Å². The number of methoxy groups -OCH3 is 1. The van der Waals surface area contributed by atoms with E-state index < -0.39 is 8.32 Å². The van der Waals surface area contributed by atoms with Gasteiger partial charge in [-0.25, -0.2) is 0 Å². The number of hydrogen-bond acceptors (Lipinski definition) is 3. The Morgan fingerprint density at radius 2 is 1.82 bits per heavy atom. The van der Waals surface area contributed by atoms with Crippen molar-refractivity contribution >= 4 is 14.3 Å². The average Bonchev–Trinajstić information content (AvgIpc) is 2.12. The summed E-state index contributed by atoms with van der Waals surface area (Å²) in [5.41, 5.74) is 0. The molecule has 100 valence electrons. The van der Waals surface area contributed by atoms with Gasteiger partial charge in [-0.3, -0.25) is 4.79 Å². The summed E-state index contributed by atoms with van der Waals surface area (Å²) < 4.78 is 10.9. The molecule has 0 amide bonds. The van der Waals surface area contributed by atoms with Gasteiger partial charge in [0.2, 0.25) is 0 Å². The highest BCUT2D eigenvalue weighted by atomic mass is 28.4. The van der Waals surface area contributed by atoms with Gasteiger partial charge in [0.05, 0.1) is 13.0 Å². The molecule has 0 bridgehead atoms. The highest BCUT2D eigenvalue weighted by Crippen LogP contribution is 2.39. The lowest BCUT2D eigenvalue weighted by molar-refractivity contribution is -0.150. The maximum atomic E-state index is 11.2. The highest BCUT2D eigenvalue weighted by molar-refractivity contribution is 6.74. The van der Waals surface area contributed by atoms with Gasteiger partial charge in [0.15, 0.2) is 8.32 Å². The lowest BCUT2D eigenvalue weighted by atomic mass is 9.75. The van der Waals surface area contributed by atoms with Crippen LogP contribution < -0.4 is 0 Å². The molecule has 3 nitrogen and oxygen atoms in total. The van der Waals surface area contributed by atoms with Gasteiger partial charge in [-0.1, -0.05) is 20.8 Å². The Morgan fingerprint density at radius 3 is 2.24 bits per heavy atom. The van der Waals surface area contributed by atoms with Gasteiger partial charge in [-0.05, 0) is 36.9 Å². The topological polar surface area (TPSA) is 35.5 Å². The normalized spacial score (nSPS) is 25.3. The smallest absolute Gasteiger partial charge is 0.308 e. The summed E-state index contributed by atoms with van der Waals surface area (Å²) >= 11 is 0. The largest absolute Gasteiger partial charge is 0.469 e. The van der Waals surface area contributed by atoms with Crippen LogP contribution in [0.15, 0.2) is 0 Å². The first-order chi connectivity index (χ1) is 7.67. The van der Waals surface area contributed by atoms with Crippen LogP contribution in [-0.4, -0.2) is 28.0 Å². The second-order valence-corrected chi connectivity index (χ2v) is 11.4. The molecule has 0 aliphatic heterocycles. The lowest BCUT2D eigenvalue weighted by Crippen LogP contribution is -2.44. The van der Waals surface area contributed by atoms with Crippen molar-refractivity contribution in [3.05, 3.63) is 0 Å². The van der Waals surface area contributed by atoms with E-state index in [2.05, 4.69) is 33.9 Å². The quantitative estimate of drug-likeness (QED) is 0.574. The molecule has 0 spiro atoms. The van der Waals surface area contributed by atoms with Crippen molar-refractivity contribution in [3.63, 3.8) is 0 Å². The van der Waals surface area contributed by atoms with Gasteiger partial charge in [-0.2, -0.15) is 0 Å². The van der Waals surface area contributed by atoms with Crippen molar-refractivity contribution in [1.29, 1.82) is 0 Å². The minimum atomic E-state index is -1.62. The van der Waals surface area contributed by atoms with Crippen LogP contribution in [0.5, 0.6) is 0 Å². The zero-order chi connectivity index (χ0) is 13.3. The van der Waals surface area contributed by atoms with Crippen molar-refractivity contribution < 1.29 is 14.0 Å². The number of rotatable bonds is 4. The number of carbonyl (C=O) groups is 1. The zero-order valence-corrected chi connectivity index (χ0v) is 13.0. The molecule has 0 aromatic heterocycles. The predicted octanol–water partition coefficient (Wildman–Crippen LogP) is 3.21. The van der Waals surface area contributed by atoms with Gasteiger partial charge in [0.1, 0.15) is 0 Å². The van der Waals surface area contributed by atoms with E-state index in [1.807, 2.05) is 0 Å². The van der Waals surface area contributed by atoms with E-state index in [1.165, 1.54) is 7.11 Å². The second-order valence-electron chi connectivity index (χ2n) is 6.63. The number of carbonyl (C=O) groups excluding carboxylic acids is 1. The van der Waals surface area contributed by atoms with Gasteiger partial charge in [-0.15, -0.1) is 0 Å². The molecule has 1 aliphatic rings. The van der Waals surface area contributed by atoms with Crippen LogP contribution in [0.2, 0.25) is 18.1 Å².